The number of hydrogen-bond donors (Lipinski definition) is 2. The molecule has 0 saturated carbocycles. The summed E-state index contributed by atoms with van der Waals surface area (Å²) in [5, 5.41) is 16.4. The van der Waals surface area contributed by atoms with Gasteiger partial charge in [-0.2, -0.15) is 5.10 Å². The molecule has 0 aliphatic carbocycles. The van der Waals surface area contributed by atoms with Gasteiger partial charge in [0.05, 0.1) is 0 Å². The number of likely N-dealkylation sites (tertiary alicyclic amines) is 1. The molecule has 30 heavy (non-hydrogen) atoms. The topological polar surface area (TPSA) is 99.8 Å². The second-order valence-corrected chi connectivity index (χ2v) is 7.67. The molecule has 4 rings (SSSR count). The van der Waals surface area contributed by atoms with Crippen molar-refractivity contribution in [2.24, 2.45) is 0 Å². The third-order valence-corrected chi connectivity index (χ3v) is 5.42. The maximum absolute atomic E-state index is 12.6. The van der Waals surface area contributed by atoms with Crippen molar-refractivity contribution in [3.05, 3.63) is 65.1 Å². The molecule has 156 valence electrons. The standard InChI is InChI=1S/C22H25N5O3/c1-15-2-4-17(5-3-15)22(30)26-9-6-18(7-10-26)24-21(29)19-12-20-23-13-16(8-11-28)14-27(20)25-19/h2-5,12-14,18,28H,6-11H2,1H3,(H,24,29). The number of fused-ring (bicyclic) bond motifs is 1. The van der Waals surface area contributed by atoms with E-state index in [4.69, 9.17) is 5.11 Å². The Balaban J connectivity index is 1.34. The van der Waals surface area contributed by atoms with E-state index in [0.29, 0.717) is 49.3 Å². The zero-order chi connectivity index (χ0) is 21.1. The monoisotopic (exact) mass is 407 g/mol. The van der Waals surface area contributed by atoms with Gasteiger partial charge < -0.3 is 15.3 Å². The lowest BCUT2D eigenvalue weighted by Crippen LogP contribution is -2.46. The summed E-state index contributed by atoms with van der Waals surface area (Å²) in [5.74, 6) is -0.211. The van der Waals surface area contributed by atoms with Gasteiger partial charge in [-0.3, -0.25) is 9.59 Å². The van der Waals surface area contributed by atoms with Crippen molar-refractivity contribution in [1.82, 2.24) is 24.8 Å². The Hall–Kier alpha value is -3.26. The van der Waals surface area contributed by atoms with Crippen molar-refractivity contribution in [2.45, 2.75) is 32.2 Å². The molecule has 3 heterocycles. The molecule has 8 heteroatoms. The van der Waals surface area contributed by atoms with Gasteiger partial charge in [-0.15, -0.1) is 0 Å². The fourth-order valence-electron chi connectivity index (χ4n) is 3.65. The number of nitrogens with zero attached hydrogens (tertiary/aromatic N) is 4. The summed E-state index contributed by atoms with van der Waals surface area (Å²) in [6.45, 7) is 3.24. The van der Waals surface area contributed by atoms with Crippen LogP contribution >= 0.6 is 0 Å². The first-order valence-corrected chi connectivity index (χ1v) is 10.2. The van der Waals surface area contributed by atoms with Crippen LogP contribution in [0.15, 0.2) is 42.7 Å². The summed E-state index contributed by atoms with van der Waals surface area (Å²) >= 11 is 0. The van der Waals surface area contributed by atoms with Gasteiger partial charge >= 0.3 is 0 Å². The first-order valence-electron chi connectivity index (χ1n) is 10.2. The van der Waals surface area contributed by atoms with Gasteiger partial charge in [-0.05, 0) is 43.9 Å². The molecule has 0 radical (unpaired) electrons. The van der Waals surface area contributed by atoms with Gasteiger partial charge in [0.25, 0.3) is 11.8 Å². The zero-order valence-electron chi connectivity index (χ0n) is 16.9. The SMILES string of the molecule is Cc1ccc(C(=O)N2CCC(NC(=O)c3cc4ncc(CCO)cn4n3)CC2)cc1. The Morgan fingerprint density at radius 3 is 2.63 bits per heavy atom. The lowest BCUT2D eigenvalue weighted by molar-refractivity contribution is 0.0697. The number of benzene rings is 1. The lowest BCUT2D eigenvalue weighted by Gasteiger charge is -2.32. The van der Waals surface area contributed by atoms with Gasteiger partial charge in [0.15, 0.2) is 11.3 Å². The highest BCUT2D eigenvalue weighted by Gasteiger charge is 2.25. The van der Waals surface area contributed by atoms with Crippen LogP contribution in [0.3, 0.4) is 0 Å². The molecule has 2 aromatic heterocycles. The maximum Gasteiger partial charge on any atom is 0.272 e. The van der Waals surface area contributed by atoms with Crippen LogP contribution in [-0.4, -0.2) is 62.2 Å². The van der Waals surface area contributed by atoms with Gasteiger partial charge in [0.1, 0.15) is 0 Å². The molecule has 3 aromatic rings. The number of aliphatic hydroxyl groups is 1. The number of piperidine rings is 1. The van der Waals surface area contributed by atoms with Crippen molar-refractivity contribution in [3.8, 4) is 0 Å². The Kier molecular flexibility index (Phi) is 5.76. The average molecular weight is 407 g/mol. The van der Waals surface area contributed by atoms with Gasteiger partial charge in [0.2, 0.25) is 0 Å². The van der Waals surface area contributed by atoms with Gasteiger partial charge in [0, 0.05) is 49.8 Å². The molecule has 8 nitrogen and oxygen atoms in total. The minimum atomic E-state index is -0.243. The summed E-state index contributed by atoms with van der Waals surface area (Å²) < 4.78 is 1.56. The Bertz CT molecular complexity index is 1050. The number of carbonyl (C=O) groups is 2. The highest BCUT2D eigenvalue weighted by molar-refractivity contribution is 5.95. The van der Waals surface area contributed by atoms with Gasteiger partial charge in [-0.1, -0.05) is 17.7 Å². The van der Waals surface area contributed by atoms with Crippen molar-refractivity contribution in [3.63, 3.8) is 0 Å². The molecule has 0 atom stereocenters. The second-order valence-electron chi connectivity index (χ2n) is 7.67. The highest BCUT2D eigenvalue weighted by Crippen LogP contribution is 2.15. The van der Waals surface area contributed by atoms with Crippen molar-refractivity contribution in [2.75, 3.05) is 19.7 Å². The fourth-order valence-corrected chi connectivity index (χ4v) is 3.65. The number of carbonyl (C=O) groups excluding carboxylic acids is 2. The number of aliphatic hydroxyl groups excluding tert-OH is 1. The molecule has 0 spiro atoms. The summed E-state index contributed by atoms with van der Waals surface area (Å²) in [6.07, 6.45) is 5.34. The average Bonchev–Trinajstić information content (AvgIpc) is 3.18. The van der Waals surface area contributed by atoms with Gasteiger partial charge in [-0.25, -0.2) is 9.50 Å². The second kappa shape index (κ2) is 8.62. The molecule has 1 aromatic carbocycles. The first kappa shape index (κ1) is 20.0. The Morgan fingerprint density at radius 2 is 1.93 bits per heavy atom. The number of aryl methyl sites for hydroxylation is 1. The van der Waals surface area contributed by atoms with Crippen LogP contribution in [0.5, 0.6) is 0 Å². The predicted octanol–water partition coefficient (Wildman–Crippen LogP) is 1.61. The first-order chi connectivity index (χ1) is 14.5. The highest BCUT2D eigenvalue weighted by atomic mass is 16.3. The zero-order valence-corrected chi connectivity index (χ0v) is 16.9. The van der Waals surface area contributed by atoms with Crippen LogP contribution in [0.4, 0.5) is 0 Å². The van der Waals surface area contributed by atoms with Crippen LogP contribution in [0.2, 0.25) is 0 Å². The van der Waals surface area contributed by atoms with E-state index in [1.165, 1.54) is 0 Å². The van der Waals surface area contributed by atoms with Crippen molar-refractivity contribution in [1.29, 1.82) is 0 Å². The number of amides is 2. The minimum Gasteiger partial charge on any atom is -0.396 e. The van der Waals surface area contributed by atoms with E-state index < -0.39 is 0 Å². The molecule has 1 aliphatic rings. The predicted molar refractivity (Wildman–Crippen MR) is 111 cm³/mol. The fraction of sp³-hybridized carbons (Fsp3) is 0.364. The lowest BCUT2D eigenvalue weighted by atomic mass is 10.0. The van der Waals surface area contributed by atoms with E-state index in [2.05, 4.69) is 15.4 Å². The minimum absolute atomic E-state index is 0.00212. The van der Waals surface area contributed by atoms with E-state index in [-0.39, 0.29) is 24.5 Å². The van der Waals surface area contributed by atoms with E-state index in [1.54, 1.807) is 23.0 Å². The van der Waals surface area contributed by atoms with Crippen LogP contribution in [0.25, 0.3) is 5.65 Å². The molecule has 0 unspecified atom stereocenters. The van der Waals surface area contributed by atoms with E-state index >= 15 is 0 Å². The third kappa shape index (κ3) is 4.33. The quantitative estimate of drug-likeness (QED) is 0.669. The van der Waals surface area contributed by atoms with E-state index in [0.717, 1.165) is 11.1 Å². The summed E-state index contributed by atoms with van der Waals surface area (Å²) in [5.41, 5.74) is 3.56. The molecule has 2 amide bonds. The Labute approximate surface area is 174 Å². The molecule has 1 aliphatic heterocycles. The summed E-state index contributed by atoms with van der Waals surface area (Å²) in [7, 11) is 0. The summed E-state index contributed by atoms with van der Waals surface area (Å²) in [4.78, 5) is 31.4. The van der Waals surface area contributed by atoms with Crippen LogP contribution in [-0.2, 0) is 6.42 Å². The number of aromatic nitrogens is 3. The largest absolute Gasteiger partial charge is 0.396 e. The number of hydrogen-bond acceptors (Lipinski definition) is 5. The summed E-state index contributed by atoms with van der Waals surface area (Å²) in [6, 6.07) is 9.24. The molecule has 1 fully saturated rings. The molecular weight excluding hydrogens is 382 g/mol. The molecule has 0 bridgehead atoms. The number of nitrogens with one attached hydrogen (secondary N) is 1. The Morgan fingerprint density at radius 1 is 1.20 bits per heavy atom. The molecular formula is C22H25N5O3. The maximum atomic E-state index is 12.6. The van der Waals surface area contributed by atoms with E-state index in [9.17, 15) is 9.59 Å². The molecule has 2 N–H and O–H groups in total. The van der Waals surface area contributed by atoms with Crippen LogP contribution in [0, 0.1) is 6.92 Å². The van der Waals surface area contributed by atoms with Crippen molar-refractivity contribution >= 4 is 17.5 Å². The smallest absolute Gasteiger partial charge is 0.272 e. The van der Waals surface area contributed by atoms with Crippen molar-refractivity contribution < 1.29 is 14.7 Å². The third-order valence-electron chi connectivity index (χ3n) is 5.42. The molecule has 1 saturated heterocycles. The van der Waals surface area contributed by atoms with Crippen LogP contribution < -0.4 is 5.32 Å². The number of rotatable bonds is 5. The van der Waals surface area contributed by atoms with E-state index in [1.807, 2.05) is 36.1 Å². The normalized spacial score (nSPS) is 14.8. The van der Waals surface area contributed by atoms with Crippen LogP contribution in [0.1, 0.15) is 44.8 Å².